The molecule has 2 rings (SSSR count). The molecule has 1 aromatic carbocycles. The first-order chi connectivity index (χ1) is 13.6. The second-order valence-electron chi connectivity index (χ2n) is 7.98. The van der Waals surface area contributed by atoms with Crippen molar-refractivity contribution in [2.75, 3.05) is 6.54 Å². The summed E-state index contributed by atoms with van der Waals surface area (Å²) >= 11 is 0. The molecule has 0 spiro atoms. The number of unbranched alkanes of at least 4 members (excludes halogenated alkanes) is 1. The summed E-state index contributed by atoms with van der Waals surface area (Å²) in [6.07, 6.45) is 1.95. The van der Waals surface area contributed by atoms with Crippen molar-refractivity contribution in [1.29, 1.82) is 0 Å². The van der Waals surface area contributed by atoms with Gasteiger partial charge in [0, 0.05) is 12.6 Å². The molecule has 1 aromatic heterocycles. The predicted molar refractivity (Wildman–Crippen MR) is 110 cm³/mol. The normalized spacial score (nSPS) is 11.3. The van der Waals surface area contributed by atoms with Crippen molar-refractivity contribution >= 4 is 23.0 Å². The molecule has 0 bridgehead atoms. The lowest BCUT2D eigenvalue weighted by atomic mass is 10.0. The van der Waals surface area contributed by atoms with E-state index in [2.05, 4.69) is 12.2 Å². The van der Waals surface area contributed by atoms with E-state index in [1.54, 1.807) is 32.9 Å². The van der Waals surface area contributed by atoms with Crippen LogP contribution in [0.3, 0.4) is 0 Å². The highest BCUT2D eigenvalue weighted by Gasteiger charge is 2.18. The van der Waals surface area contributed by atoms with Crippen LogP contribution in [-0.2, 0) is 16.0 Å². The molecule has 7 nitrogen and oxygen atoms in total. The number of rotatable bonds is 7. The number of nitrogens with one attached hydrogen (secondary N) is 1. The quantitative estimate of drug-likeness (QED) is 0.422. The largest absolute Gasteiger partial charge is 0.444 e. The molecule has 1 N–H and O–H groups in total. The number of fused-ring (bicyclic) bond motifs is 1. The molecule has 0 atom stereocenters. The first-order valence-corrected chi connectivity index (χ1v) is 9.84. The molecular weight excluding hydrogens is 374 g/mol. The highest BCUT2D eigenvalue weighted by atomic mass is 16.6. The van der Waals surface area contributed by atoms with Crippen molar-refractivity contribution in [3.8, 4) is 5.75 Å². The second kappa shape index (κ2) is 9.58. The van der Waals surface area contributed by atoms with E-state index in [4.69, 9.17) is 13.9 Å². The van der Waals surface area contributed by atoms with Gasteiger partial charge in [0.15, 0.2) is 0 Å². The maximum Gasteiger partial charge on any atom is 0.407 e. The van der Waals surface area contributed by atoms with Crippen molar-refractivity contribution < 1.29 is 23.5 Å². The van der Waals surface area contributed by atoms with Crippen LogP contribution < -0.4 is 15.7 Å². The number of hydrogen-bond donors (Lipinski definition) is 1. The van der Waals surface area contributed by atoms with Crippen molar-refractivity contribution in [2.45, 2.75) is 65.9 Å². The molecule has 0 saturated heterocycles. The van der Waals surface area contributed by atoms with Crippen LogP contribution in [0.4, 0.5) is 4.79 Å². The standard InChI is InChI=1S/C22H29NO6/c1-6-7-8-15-13-19(25)28-17-12-14(2)11-16(20(15)17)27-18(24)9-10-23-21(26)29-22(3,4)5/h11-13H,6-10H2,1-5H3,(H,23,26). The number of alkyl carbamates (subject to hydrolysis) is 1. The minimum absolute atomic E-state index is 0.0181. The van der Waals surface area contributed by atoms with Gasteiger partial charge in [0.05, 0.1) is 11.8 Å². The molecule has 2 aromatic rings. The molecule has 0 aliphatic heterocycles. The van der Waals surface area contributed by atoms with E-state index >= 15 is 0 Å². The number of amides is 1. The van der Waals surface area contributed by atoms with Crippen molar-refractivity contribution in [3.05, 3.63) is 39.7 Å². The SMILES string of the molecule is CCCCc1cc(=O)oc2cc(C)cc(OC(=O)CCNC(=O)OC(C)(C)C)c12. The molecule has 0 radical (unpaired) electrons. The number of benzene rings is 1. The monoisotopic (exact) mass is 403 g/mol. The third-order valence-electron chi connectivity index (χ3n) is 4.05. The molecule has 0 unspecified atom stereocenters. The Labute approximate surface area is 170 Å². The van der Waals surface area contributed by atoms with Crippen LogP contribution in [0, 0.1) is 6.92 Å². The Hall–Kier alpha value is -2.83. The Morgan fingerprint density at radius 1 is 1.17 bits per heavy atom. The van der Waals surface area contributed by atoms with Crippen molar-refractivity contribution in [1.82, 2.24) is 5.32 Å². The third kappa shape index (κ3) is 6.93. The van der Waals surface area contributed by atoms with Gasteiger partial charge in [0.25, 0.3) is 0 Å². The van der Waals surface area contributed by atoms with Gasteiger partial charge in [0.2, 0.25) is 0 Å². The minimum Gasteiger partial charge on any atom is -0.444 e. The van der Waals surface area contributed by atoms with E-state index in [0.717, 1.165) is 24.0 Å². The van der Waals surface area contributed by atoms with E-state index in [9.17, 15) is 14.4 Å². The van der Waals surface area contributed by atoms with Crippen LogP contribution in [0.1, 0.15) is 58.1 Å². The Morgan fingerprint density at radius 3 is 2.55 bits per heavy atom. The van der Waals surface area contributed by atoms with Crippen LogP contribution in [0.25, 0.3) is 11.0 Å². The van der Waals surface area contributed by atoms with Gasteiger partial charge in [0.1, 0.15) is 16.9 Å². The third-order valence-corrected chi connectivity index (χ3v) is 4.05. The second-order valence-corrected chi connectivity index (χ2v) is 7.98. The molecule has 0 aliphatic rings. The molecule has 0 aliphatic carbocycles. The molecule has 1 heterocycles. The number of ether oxygens (including phenoxy) is 2. The molecule has 158 valence electrons. The summed E-state index contributed by atoms with van der Waals surface area (Å²) in [6, 6.07) is 4.96. The van der Waals surface area contributed by atoms with E-state index in [0.29, 0.717) is 23.1 Å². The van der Waals surface area contributed by atoms with E-state index < -0.39 is 23.3 Å². The van der Waals surface area contributed by atoms with Gasteiger partial charge in [-0.15, -0.1) is 0 Å². The Kier molecular flexibility index (Phi) is 7.42. The fourth-order valence-corrected chi connectivity index (χ4v) is 2.87. The Morgan fingerprint density at radius 2 is 1.90 bits per heavy atom. The Balaban J connectivity index is 2.15. The lowest BCUT2D eigenvalue weighted by molar-refractivity contribution is -0.134. The molecule has 29 heavy (non-hydrogen) atoms. The summed E-state index contributed by atoms with van der Waals surface area (Å²) in [5.74, 6) is -0.141. The zero-order chi connectivity index (χ0) is 21.6. The zero-order valence-corrected chi connectivity index (χ0v) is 17.7. The van der Waals surface area contributed by atoms with Gasteiger partial charge in [-0.05, 0) is 63.8 Å². The van der Waals surface area contributed by atoms with Gasteiger partial charge < -0.3 is 19.2 Å². The highest BCUT2D eigenvalue weighted by Crippen LogP contribution is 2.31. The van der Waals surface area contributed by atoms with E-state index in [1.165, 1.54) is 6.07 Å². The van der Waals surface area contributed by atoms with Crippen molar-refractivity contribution in [2.24, 2.45) is 0 Å². The number of aryl methyl sites for hydroxylation is 2. The van der Waals surface area contributed by atoms with Gasteiger partial charge in [-0.1, -0.05) is 13.3 Å². The molecule has 0 fully saturated rings. The van der Waals surface area contributed by atoms with Crippen LogP contribution in [0.2, 0.25) is 0 Å². The fourth-order valence-electron chi connectivity index (χ4n) is 2.87. The average molecular weight is 403 g/mol. The van der Waals surface area contributed by atoms with Gasteiger partial charge in [-0.3, -0.25) is 4.79 Å². The maximum atomic E-state index is 12.3. The lowest BCUT2D eigenvalue weighted by Crippen LogP contribution is -2.34. The summed E-state index contributed by atoms with van der Waals surface area (Å²) in [5.41, 5.74) is 0.978. The number of carbonyl (C=O) groups is 2. The average Bonchev–Trinajstić information content (AvgIpc) is 2.57. The first kappa shape index (κ1) is 22.5. The minimum atomic E-state index is -0.607. The van der Waals surface area contributed by atoms with Gasteiger partial charge in [-0.2, -0.15) is 0 Å². The van der Waals surface area contributed by atoms with Crippen LogP contribution in [0.15, 0.2) is 27.4 Å². The molecular formula is C22H29NO6. The molecule has 7 heteroatoms. The summed E-state index contributed by atoms with van der Waals surface area (Å²) in [4.78, 5) is 35.9. The first-order valence-electron chi connectivity index (χ1n) is 9.84. The maximum absolute atomic E-state index is 12.3. The predicted octanol–water partition coefficient (Wildman–Crippen LogP) is 4.26. The van der Waals surface area contributed by atoms with Gasteiger partial charge >= 0.3 is 17.7 Å². The topological polar surface area (TPSA) is 94.8 Å². The molecule has 0 saturated carbocycles. The van der Waals surface area contributed by atoms with E-state index in [1.807, 2.05) is 6.92 Å². The fraction of sp³-hybridized carbons (Fsp3) is 0.500. The van der Waals surface area contributed by atoms with Crippen LogP contribution in [-0.4, -0.2) is 24.2 Å². The smallest absolute Gasteiger partial charge is 0.407 e. The number of carbonyl (C=O) groups excluding carboxylic acids is 2. The van der Waals surface area contributed by atoms with Crippen LogP contribution >= 0.6 is 0 Å². The molecule has 1 amide bonds. The summed E-state index contributed by atoms with van der Waals surface area (Å²) in [5, 5.41) is 3.17. The van der Waals surface area contributed by atoms with Gasteiger partial charge in [-0.25, -0.2) is 9.59 Å². The Bertz CT molecular complexity index is 939. The number of hydrogen-bond acceptors (Lipinski definition) is 6. The summed E-state index contributed by atoms with van der Waals surface area (Å²) < 4.78 is 16.0. The van der Waals surface area contributed by atoms with Crippen LogP contribution in [0.5, 0.6) is 5.75 Å². The number of esters is 1. The van der Waals surface area contributed by atoms with Crippen molar-refractivity contribution in [3.63, 3.8) is 0 Å². The highest BCUT2D eigenvalue weighted by molar-refractivity contribution is 5.90. The summed E-state index contributed by atoms with van der Waals surface area (Å²) in [6.45, 7) is 9.28. The van der Waals surface area contributed by atoms with E-state index in [-0.39, 0.29) is 13.0 Å². The summed E-state index contributed by atoms with van der Waals surface area (Å²) in [7, 11) is 0. The zero-order valence-electron chi connectivity index (χ0n) is 17.7. The lowest BCUT2D eigenvalue weighted by Gasteiger charge is -2.19.